The molecule has 2 N–H and O–H groups in total. The fourth-order valence-electron chi connectivity index (χ4n) is 3.81. The average molecular weight is 378 g/mol. The van der Waals surface area contributed by atoms with Crippen LogP contribution in [-0.4, -0.2) is 49.5 Å². The van der Waals surface area contributed by atoms with Crippen LogP contribution in [0.4, 0.5) is 11.4 Å². The Labute approximate surface area is 165 Å². The Bertz CT molecular complexity index is 901. The average Bonchev–Trinajstić information content (AvgIpc) is 2.72. The minimum absolute atomic E-state index is 0.00310. The van der Waals surface area contributed by atoms with Crippen molar-refractivity contribution in [1.82, 2.24) is 4.90 Å². The molecule has 2 aliphatic heterocycles. The molecule has 4 rings (SSSR count). The number of nitrogens with zero attached hydrogens (tertiary/aromatic N) is 2. The molecule has 28 heavy (non-hydrogen) atoms. The number of anilines is 2. The van der Waals surface area contributed by atoms with Crippen LogP contribution in [0.1, 0.15) is 28.8 Å². The van der Waals surface area contributed by atoms with Crippen LogP contribution in [0, 0.1) is 0 Å². The Morgan fingerprint density at radius 1 is 1.07 bits per heavy atom. The van der Waals surface area contributed by atoms with Crippen LogP contribution in [0.15, 0.2) is 53.5 Å². The number of hydrogen-bond acceptors (Lipinski definition) is 4. The molecule has 2 aliphatic rings. The number of rotatable bonds is 3. The van der Waals surface area contributed by atoms with Gasteiger partial charge >= 0.3 is 0 Å². The third-order valence-corrected chi connectivity index (χ3v) is 5.42. The van der Waals surface area contributed by atoms with Crippen LogP contribution in [0.3, 0.4) is 0 Å². The third kappa shape index (κ3) is 3.47. The van der Waals surface area contributed by atoms with Gasteiger partial charge in [0.05, 0.1) is 23.5 Å². The lowest BCUT2D eigenvalue weighted by atomic mass is 9.86. The Kier molecular flexibility index (Phi) is 5.05. The van der Waals surface area contributed by atoms with E-state index in [0.29, 0.717) is 25.3 Å². The molecule has 0 atom stereocenters. The molecule has 2 heterocycles. The van der Waals surface area contributed by atoms with Gasteiger partial charge in [-0.1, -0.05) is 30.3 Å². The maximum atomic E-state index is 12.5. The first-order valence-corrected chi connectivity index (χ1v) is 9.65. The number of hydrogen-bond donors (Lipinski definition) is 2. The van der Waals surface area contributed by atoms with Gasteiger partial charge in [0.15, 0.2) is 0 Å². The van der Waals surface area contributed by atoms with Crippen LogP contribution in [0.25, 0.3) is 0 Å². The predicted molar refractivity (Wildman–Crippen MR) is 112 cm³/mol. The molecule has 6 nitrogen and oxygen atoms in total. The summed E-state index contributed by atoms with van der Waals surface area (Å²) >= 11 is 0. The van der Waals surface area contributed by atoms with Gasteiger partial charge in [-0.3, -0.25) is 9.79 Å². The summed E-state index contributed by atoms with van der Waals surface area (Å²) in [6.07, 6.45) is 1.71. The van der Waals surface area contributed by atoms with E-state index < -0.39 is 0 Å². The number of para-hydroxylation sites is 2. The number of benzene rings is 2. The lowest BCUT2D eigenvalue weighted by Gasteiger charge is -2.43. The quantitative estimate of drug-likeness (QED) is 0.859. The number of ether oxygens (including phenoxy) is 1. The van der Waals surface area contributed by atoms with E-state index in [1.807, 2.05) is 42.5 Å². The number of carbonyl (C=O) groups excluding carboxylic acids is 1. The second kappa shape index (κ2) is 7.64. The SMILES string of the molecule is CN(C)C(=O)c1ccccc1CN=C1Nc2ccccc2NC12CCOCC2. The molecule has 1 fully saturated rings. The van der Waals surface area contributed by atoms with Crippen molar-refractivity contribution < 1.29 is 9.53 Å². The smallest absolute Gasteiger partial charge is 0.253 e. The number of amidine groups is 1. The zero-order chi connectivity index (χ0) is 19.6. The summed E-state index contributed by atoms with van der Waals surface area (Å²) in [7, 11) is 3.54. The van der Waals surface area contributed by atoms with E-state index in [0.717, 1.165) is 35.6 Å². The van der Waals surface area contributed by atoms with Crippen molar-refractivity contribution in [3.63, 3.8) is 0 Å². The molecule has 6 heteroatoms. The van der Waals surface area contributed by atoms with Crippen molar-refractivity contribution in [2.45, 2.75) is 24.9 Å². The first kappa shape index (κ1) is 18.5. The molecule has 146 valence electrons. The summed E-state index contributed by atoms with van der Waals surface area (Å²) < 4.78 is 5.60. The van der Waals surface area contributed by atoms with E-state index >= 15 is 0 Å². The van der Waals surface area contributed by atoms with Crippen LogP contribution in [0.2, 0.25) is 0 Å². The second-order valence-corrected chi connectivity index (χ2v) is 7.51. The summed E-state index contributed by atoms with van der Waals surface area (Å²) in [6, 6.07) is 15.9. The minimum atomic E-state index is -0.257. The summed E-state index contributed by atoms with van der Waals surface area (Å²) in [5, 5.41) is 7.24. The normalized spacial score (nSPS) is 18.9. The standard InChI is InChI=1S/C22H26N4O2/c1-26(2)20(27)17-8-4-3-7-16(17)15-23-21-22(11-13-28-14-12-22)25-19-10-6-5-9-18(19)24-21/h3-10,25H,11-15H2,1-2H3,(H,23,24). The first-order valence-electron chi connectivity index (χ1n) is 9.65. The fraction of sp³-hybridized carbons (Fsp3) is 0.364. The van der Waals surface area contributed by atoms with Gasteiger partial charge in [0, 0.05) is 45.7 Å². The van der Waals surface area contributed by atoms with E-state index in [4.69, 9.17) is 9.73 Å². The largest absolute Gasteiger partial charge is 0.381 e. The molecule has 1 amide bonds. The van der Waals surface area contributed by atoms with Crippen molar-refractivity contribution in [1.29, 1.82) is 0 Å². The minimum Gasteiger partial charge on any atom is -0.381 e. The van der Waals surface area contributed by atoms with Gasteiger partial charge in [0.1, 0.15) is 5.84 Å². The van der Waals surface area contributed by atoms with Crippen LogP contribution >= 0.6 is 0 Å². The lowest BCUT2D eigenvalue weighted by Crippen LogP contribution is -2.55. The molecule has 1 spiro atoms. The Hall–Kier alpha value is -2.86. The molecule has 0 bridgehead atoms. The summed E-state index contributed by atoms with van der Waals surface area (Å²) in [4.78, 5) is 19.1. The van der Waals surface area contributed by atoms with Crippen molar-refractivity contribution in [2.75, 3.05) is 37.9 Å². The van der Waals surface area contributed by atoms with Crippen LogP contribution < -0.4 is 10.6 Å². The Morgan fingerprint density at radius 2 is 1.75 bits per heavy atom. The number of nitrogens with one attached hydrogen (secondary N) is 2. The van der Waals surface area contributed by atoms with Crippen molar-refractivity contribution in [3.05, 3.63) is 59.7 Å². The second-order valence-electron chi connectivity index (χ2n) is 7.51. The maximum Gasteiger partial charge on any atom is 0.253 e. The topological polar surface area (TPSA) is 66.0 Å². The van der Waals surface area contributed by atoms with E-state index in [2.05, 4.69) is 16.7 Å². The van der Waals surface area contributed by atoms with Gasteiger partial charge in [-0.15, -0.1) is 0 Å². The van der Waals surface area contributed by atoms with E-state index in [-0.39, 0.29) is 11.4 Å². The molecule has 0 aliphatic carbocycles. The highest BCUT2D eigenvalue weighted by molar-refractivity contribution is 6.09. The zero-order valence-electron chi connectivity index (χ0n) is 16.4. The highest BCUT2D eigenvalue weighted by atomic mass is 16.5. The van der Waals surface area contributed by atoms with E-state index in [1.54, 1.807) is 19.0 Å². The number of aliphatic imine (C=N–C) groups is 1. The van der Waals surface area contributed by atoms with Crippen molar-refractivity contribution in [3.8, 4) is 0 Å². The maximum absolute atomic E-state index is 12.5. The highest BCUT2D eigenvalue weighted by Gasteiger charge is 2.41. The van der Waals surface area contributed by atoms with E-state index in [9.17, 15) is 4.79 Å². The zero-order valence-corrected chi connectivity index (χ0v) is 16.4. The Balaban J connectivity index is 1.67. The van der Waals surface area contributed by atoms with E-state index in [1.165, 1.54) is 0 Å². The molecule has 1 saturated heterocycles. The molecule has 2 aromatic carbocycles. The first-order chi connectivity index (χ1) is 13.6. The predicted octanol–water partition coefficient (Wildman–Crippen LogP) is 3.37. The van der Waals surface area contributed by atoms with Crippen LogP contribution in [-0.2, 0) is 11.3 Å². The number of amides is 1. The number of fused-ring (bicyclic) bond motifs is 1. The number of carbonyl (C=O) groups is 1. The molecule has 2 aromatic rings. The van der Waals surface area contributed by atoms with Gasteiger partial charge in [-0.05, 0) is 23.8 Å². The van der Waals surface area contributed by atoms with Gasteiger partial charge in [-0.25, -0.2) is 0 Å². The highest BCUT2D eigenvalue weighted by Crippen LogP contribution is 2.36. The van der Waals surface area contributed by atoms with Gasteiger partial charge < -0.3 is 20.3 Å². The Morgan fingerprint density at radius 3 is 2.50 bits per heavy atom. The fourth-order valence-corrected chi connectivity index (χ4v) is 3.81. The molecule has 0 radical (unpaired) electrons. The monoisotopic (exact) mass is 378 g/mol. The van der Waals surface area contributed by atoms with Crippen LogP contribution in [0.5, 0.6) is 0 Å². The molecular weight excluding hydrogens is 352 g/mol. The van der Waals surface area contributed by atoms with Crippen molar-refractivity contribution in [2.24, 2.45) is 4.99 Å². The summed E-state index contributed by atoms with van der Waals surface area (Å²) in [6.45, 7) is 1.85. The molecule has 0 aromatic heterocycles. The lowest BCUT2D eigenvalue weighted by molar-refractivity contribution is 0.0778. The third-order valence-electron chi connectivity index (χ3n) is 5.42. The van der Waals surface area contributed by atoms with Gasteiger partial charge in [-0.2, -0.15) is 0 Å². The molecule has 0 unspecified atom stereocenters. The molecule has 0 saturated carbocycles. The van der Waals surface area contributed by atoms with Gasteiger partial charge in [0.25, 0.3) is 5.91 Å². The molecular formula is C22H26N4O2. The van der Waals surface area contributed by atoms with Crippen molar-refractivity contribution >= 4 is 23.1 Å². The van der Waals surface area contributed by atoms with Gasteiger partial charge in [0.2, 0.25) is 0 Å². The summed E-state index contributed by atoms with van der Waals surface area (Å²) in [5.74, 6) is 0.915. The summed E-state index contributed by atoms with van der Waals surface area (Å²) in [5.41, 5.74) is 3.48.